The highest BCUT2D eigenvalue weighted by molar-refractivity contribution is 9.11. The molecule has 8 heteroatoms. The predicted octanol–water partition coefficient (Wildman–Crippen LogP) is 5.99. The third-order valence-electron chi connectivity index (χ3n) is 5.25. The fourth-order valence-electron chi connectivity index (χ4n) is 3.62. The molecule has 0 spiro atoms. The van der Waals surface area contributed by atoms with Crippen LogP contribution in [0.1, 0.15) is 42.1 Å². The maximum Gasteiger partial charge on any atom is 0.226 e. The van der Waals surface area contributed by atoms with Gasteiger partial charge in [0, 0.05) is 28.4 Å². The summed E-state index contributed by atoms with van der Waals surface area (Å²) in [7, 11) is 0. The van der Waals surface area contributed by atoms with Crippen molar-refractivity contribution < 1.29 is 4.79 Å². The summed E-state index contributed by atoms with van der Waals surface area (Å²) in [6.07, 6.45) is 1.81. The quantitative estimate of drug-likeness (QED) is 0.409. The monoisotopic (exact) mass is 514 g/mol. The van der Waals surface area contributed by atoms with E-state index in [2.05, 4.69) is 54.6 Å². The van der Waals surface area contributed by atoms with E-state index in [1.807, 2.05) is 51.1 Å². The van der Waals surface area contributed by atoms with Crippen LogP contribution in [0, 0.1) is 12.8 Å². The van der Waals surface area contributed by atoms with Crippen LogP contribution in [0.15, 0.2) is 58.5 Å². The van der Waals surface area contributed by atoms with Gasteiger partial charge in [-0.05, 0) is 83.1 Å². The normalized spacial score (nSPS) is 18.4. The van der Waals surface area contributed by atoms with E-state index < -0.39 is 0 Å². The molecule has 2 aromatic heterocycles. The number of aromatic nitrogens is 1. The van der Waals surface area contributed by atoms with Gasteiger partial charge < -0.3 is 15.5 Å². The number of carbonyl (C=O) groups is 1. The van der Waals surface area contributed by atoms with Crippen molar-refractivity contribution in [3.05, 3.63) is 74.6 Å². The third-order valence-corrected chi connectivity index (χ3v) is 7.26. The molecule has 0 aliphatic carbocycles. The fourth-order valence-corrected chi connectivity index (χ4v) is 5.52. The van der Waals surface area contributed by atoms with Gasteiger partial charge in [0.2, 0.25) is 5.91 Å². The van der Waals surface area contributed by atoms with E-state index in [0.717, 1.165) is 26.4 Å². The second kappa shape index (κ2) is 9.06. The summed E-state index contributed by atoms with van der Waals surface area (Å²) in [5.41, 5.74) is 3.73. The van der Waals surface area contributed by atoms with Crippen molar-refractivity contribution in [1.82, 2.24) is 10.3 Å². The van der Waals surface area contributed by atoms with Gasteiger partial charge in [0.1, 0.15) is 0 Å². The number of anilines is 2. The lowest BCUT2D eigenvalue weighted by molar-refractivity contribution is -0.118. The lowest BCUT2D eigenvalue weighted by Crippen LogP contribution is -2.29. The summed E-state index contributed by atoms with van der Waals surface area (Å²) in [5.74, 6) is -0.0686. The van der Waals surface area contributed by atoms with Crippen molar-refractivity contribution in [2.45, 2.75) is 32.9 Å². The summed E-state index contributed by atoms with van der Waals surface area (Å²) >= 11 is 11.1. The first kappa shape index (κ1) is 21.9. The molecule has 0 radical (unpaired) electrons. The number of hydrogen-bond acceptors (Lipinski definition) is 4. The van der Waals surface area contributed by atoms with Gasteiger partial charge in [0.05, 0.1) is 21.6 Å². The number of rotatable bonds is 5. The minimum absolute atomic E-state index is 0.00531. The molecule has 2 atom stereocenters. The number of aryl methyl sites for hydroxylation is 1. The largest absolute Gasteiger partial charge is 0.351 e. The molecule has 2 N–H and O–H groups in total. The number of thiophene rings is 1. The average molecular weight is 516 g/mol. The van der Waals surface area contributed by atoms with Crippen LogP contribution in [-0.4, -0.2) is 16.0 Å². The van der Waals surface area contributed by atoms with E-state index in [9.17, 15) is 4.79 Å². The van der Waals surface area contributed by atoms with E-state index in [0.29, 0.717) is 5.11 Å². The van der Waals surface area contributed by atoms with Gasteiger partial charge >= 0.3 is 0 Å². The Labute approximate surface area is 200 Å². The van der Waals surface area contributed by atoms with Crippen molar-refractivity contribution in [3.8, 4) is 0 Å². The Bertz CT molecular complexity index is 1120. The Morgan fingerprint density at radius 1 is 1.26 bits per heavy atom. The van der Waals surface area contributed by atoms with Gasteiger partial charge in [-0.1, -0.05) is 19.9 Å². The Morgan fingerprint density at radius 3 is 2.68 bits per heavy atom. The van der Waals surface area contributed by atoms with Crippen LogP contribution in [0.25, 0.3) is 0 Å². The van der Waals surface area contributed by atoms with Crippen LogP contribution in [-0.2, 0) is 4.79 Å². The summed E-state index contributed by atoms with van der Waals surface area (Å²) in [4.78, 5) is 20.0. The SMILES string of the molecule is Cc1cc(N2C(=S)NC(c3ccccn3)C2c2ccc(Br)s2)ccc1NC(=O)C(C)C. The summed E-state index contributed by atoms with van der Waals surface area (Å²) in [6.45, 7) is 5.77. The highest BCUT2D eigenvalue weighted by Gasteiger charge is 2.41. The zero-order chi connectivity index (χ0) is 22.1. The van der Waals surface area contributed by atoms with E-state index in [1.54, 1.807) is 17.5 Å². The predicted molar refractivity (Wildman–Crippen MR) is 135 cm³/mol. The van der Waals surface area contributed by atoms with Gasteiger partial charge in [-0.25, -0.2) is 0 Å². The molecule has 1 amide bonds. The topological polar surface area (TPSA) is 57.3 Å². The highest BCUT2D eigenvalue weighted by atomic mass is 79.9. The molecule has 5 nitrogen and oxygen atoms in total. The number of halogens is 1. The number of benzene rings is 1. The zero-order valence-corrected chi connectivity index (χ0v) is 20.6. The first-order valence-corrected chi connectivity index (χ1v) is 12.0. The van der Waals surface area contributed by atoms with Gasteiger partial charge in [0.25, 0.3) is 0 Å². The maximum absolute atomic E-state index is 12.1. The lowest BCUT2D eigenvalue weighted by atomic mass is 10.0. The van der Waals surface area contributed by atoms with Crippen LogP contribution in [0.4, 0.5) is 11.4 Å². The third kappa shape index (κ3) is 4.51. The van der Waals surface area contributed by atoms with Crippen molar-refractivity contribution >= 4 is 61.9 Å². The first-order valence-electron chi connectivity index (χ1n) is 10.0. The fraction of sp³-hybridized carbons (Fsp3) is 0.261. The Kier molecular flexibility index (Phi) is 6.41. The second-order valence-corrected chi connectivity index (χ2v) is 10.7. The molecule has 3 heterocycles. The van der Waals surface area contributed by atoms with Crippen LogP contribution < -0.4 is 15.5 Å². The van der Waals surface area contributed by atoms with E-state index in [4.69, 9.17) is 12.2 Å². The van der Waals surface area contributed by atoms with Crippen LogP contribution in [0.5, 0.6) is 0 Å². The Morgan fingerprint density at radius 2 is 2.06 bits per heavy atom. The van der Waals surface area contributed by atoms with Crippen molar-refractivity contribution in [3.63, 3.8) is 0 Å². The molecule has 0 bridgehead atoms. The molecule has 2 unspecified atom stereocenters. The van der Waals surface area contributed by atoms with E-state index in [1.165, 1.54) is 4.88 Å². The molecule has 4 rings (SSSR count). The molecule has 160 valence electrons. The van der Waals surface area contributed by atoms with Gasteiger partial charge in [0.15, 0.2) is 5.11 Å². The molecule has 1 aliphatic rings. The molecule has 3 aromatic rings. The maximum atomic E-state index is 12.1. The first-order chi connectivity index (χ1) is 14.8. The standard InChI is InChI=1S/C23H23BrN4OS2/c1-13(2)22(29)26-16-8-7-15(12-14(16)3)28-21(18-9-10-19(24)31-18)20(27-23(28)30)17-6-4-5-11-25-17/h4-13,20-21H,1-3H3,(H,26,29)(H,27,30). The second-order valence-electron chi connectivity index (χ2n) is 7.78. The van der Waals surface area contributed by atoms with Crippen molar-refractivity contribution in [1.29, 1.82) is 0 Å². The number of hydrogen-bond donors (Lipinski definition) is 2. The number of carbonyl (C=O) groups excluding carboxylic acids is 1. The number of thiocarbonyl (C=S) groups is 1. The van der Waals surface area contributed by atoms with E-state index >= 15 is 0 Å². The van der Waals surface area contributed by atoms with E-state index in [-0.39, 0.29) is 23.9 Å². The van der Waals surface area contributed by atoms with Crippen molar-refractivity contribution in [2.75, 3.05) is 10.2 Å². The summed E-state index contributed by atoms with van der Waals surface area (Å²) in [5, 5.41) is 7.13. The molecule has 1 fully saturated rings. The minimum Gasteiger partial charge on any atom is -0.351 e. The molecule has 1 aliphatic heterocycles. The number of nitrogens with one attached hydrogen (secondary N) is 2. The summed E-state index contributed by atoms with van der Waals surface area (Å²) < 4.78 is 1.07. The number of nitrogens with zero attached hydrogens (tertiary/aromatic N) is 2. The smallest absolute Gasteiger partial charge is 0.226 e. The summed E-state index contributed by atoms with van der Waals surface area (Å²) in [6, 6.07) is 16.0. The molecular formula is C23H23BrN4OS2. The number of amides is 1. The van der Waals surface area contributed by atoms with Gasteiger partial charge in [-0.15, -0.1) is 11.3 Å². The Hall–Kier alpha value is -2.29. The number of pyridine rings is 1. The molecular weight excluding hydrogens is 492 g/mol. The zero-order valence-electron chi connectivity index (χ0n) is 17.4. The van der Waals surface area contributed by atoms with Gasteiger partial charge in [-0.3, -0.25) is 9.78 Å². The average Bonchev–Trinajstić information content (AvgIpc) is 3.32. The molecule has 1 aromatic carbocycles. The molecule has 1 saturated heterocycles. The van der Waals surface area contributed by atoms with Crippen LogP contribution in [0.3, 0.4) is 0 Å². The van der Waals surface area contributed by atoms with Crippen molar-refractivity contribution in [2.24, 2.45) is 5.92 Å². The van der Waals surface area contributed by atoms with Gasteiger partial charge in [-0.2, -0.15) is 0 Å². The van der Waals surface area contributed by atoms with Crippen LogP contribution >= 0.6 is 39.5 Å². The van der Waals surface area contributed by atoms with Crippen LogP contribution in [0.2, 0.25) is 0 Å². The highest BCUT2D eigenvalue weighted by Crippen LogP contribution is 2.44. The minimum atomic E-state index is -0.0739. The lowest BCUT2D eigenvalue weighted by Gasteiger charge is -2.27. The Balaban J connectivity index is 1.73. The molecule has 0 saturated carbocycles. The molecule has 31 heavy (non-hydrogen) atoms.